The van der Waals surface area contributed by atoms with E-state index in [0.29, 0.717) is 12.8 Å². The first-order valence-corrected chi connectivity index (χ1v) is 25.2. The van der Waals surface area contributed by atoms with E-state index in [9.17, 15) is 14.7 Å². The Morgan fingerprint density at radius 2 is 0.679 bits per heavy atom. The summed E-state index contributed by atoms with van der Waals surface area (Å²) in [6.07, 6.45) is 57.4. The van der Waals surface area contributed by atoms with Gasteiger partial charge in [0.05, 0.1) is 6.61 Å². The van der Waals surface area contributed by atoms with Crippen molar-refractivity contribution in [2.24, 2.45) is 0 Å². The molecule has 0 amide bonds. The molecule has 5 nitrogen and oxygen atoms in total. The number of carbonyl (C=O) groups is 2. The Morgan fingerprint density at radius 1 is 0.393 bits per heavy atom. The summed E-state index contributed by atoms with van der Waals surface area (Å²) in [7, 11) is 0. The Morgan fingerprint density at radius 3 is 1.02 bits per heavy atom. The third-order valence-corrected chi connectivity index (χ3v) is 11.6. The van der Waals surface area contributed by atoms with Crippen molar-refractivity contribution in [1.29, 1.82) is 0 Å². The van der Waals surface area contributed by atoms with E-state index in [4.69, 9.17) is 9.47 Å². The van der Waals surface area contributed by atoms with E-state index in [-0.39, 0.29) is 25.2 Å². The largest absolute Gasteiger partial charge is 0.462 e. The van der Waals surface area contributed by atoms with Gasteiger partial charge >= 0.3 is 11.9 Å². The summed E-state index contributed by atoms with van der Waals surface area (Å²) in [6.45, 7) is 4.17. The number of allylic oxidation sites excluding steroid dienone is 2. The van der Waals surface area contributed by atoms with E-state index in [0.717, 1.165) is 38.5 Å². The third kappa shape index (κ3) is 45.3. The molecule has 0 saturated carbocycles. The van der Waals surface area contributed by atoms with Crippen LogP contribution in [0.3, 0.4) is 0 Å². The Kier molecular flexibility index (Phi) is 46.8. The molecule has 0 aliphatic carbocycles. The van der Waals surface area contributed by atoms with Crippen molar-refractivity contribution in [3.63, 3.8) is 0 Å². The van der Waals surface area contributed by atoms with Crippen LogP contribution in [-0.2, 0) is 19.1 Å². The highest BCUT2D eigenvalue weighted by Crippen LogP contribution is 2.17. The SMILES string of the molecule is CCCCCCCCCCCCCCCCCCCC/C=C/CCCC(=O)O[C@@H](CO)COC(=O)CCCCCCCCCCCCCCCCCCCCC. The molecule has 0 aromatic heterocycles. The van der Waals surface area contributed by atoms with Gasteiger partial charge in [-0.15, -0.1) is 0 Å². The molecule has 0 heterocycles. The molecule has 332 valence electrons. The number of rotatable bonds is 47. The molecule has 0 aliphatic heterocycles. The van der Waals surface area contributed by atoms with Gasteiger partial charge < -0.3 is 14.6 Å². The molecule has 0 unspecified atom stereocenters. The molecule has 0 bridgehead atoms. The second kappa shape index (κ2) is 48.0. The smallest absolute Gasteiger partial charge is 0.306 e. The van der Waals surface area contributed by atoms with Crippen LogP contribution in [0.25, 0.3) is 0 Å². The first-order chi connectivity index (χ1) is 27.6. The molecule has 0 rings (SSSR count). The maximum Gasteiger partial charge on any atom is 0.306 e. The first kappa shape index (κ1) is 54.6. The molecule has 5 heteroatoms. The standard InChI is InChI=1S/C51H98O5/c1-3-5-7-9-11-13-15-17-19-21-23-24-25-26-28-30-32-34-36-38-40-42-44-46-51(54)56-49(47-52)48-55-50(53)45-43-41-39-37-35-33-31-29-27-22-20-18-16-14-12-10-8-6-4-2/h38,40,49,52H,3-37,39,41-48H2,1-2H3/b40-38+/t49-/m0/s1. The second-order valence-electron chi connectivity index (χ2n) is 17.3. The molecule has 0 aromatic rings. The van der Waals surface area contributed by atoms with Crippen LogP contribution in [0.5, 0.6) is 0 Å². The second-order valence-corrected chi connectivity index (χ2v) is 17.3. The van der Waals surface area contributed by atoms with E-state index in [1.165, 1.54) is 218 Å². The maximum absolute atomic E-state index is 12.2. The normalized spacial score (nSPS) is 12.1. The predicted molar refractivity (Wildman–Crippen MR) is 242 cm³/mol. The number of aliphatic hydroxyl groups excluding tert-OH is 1. The van der Waals surface area contributed by atoms with Crippen LogP contribution in [0.1, 0.15) is 284 Å². The Bertz CT molecular complexity index is 810. The lowest BCUT2D eigenvalue weighted by Gasteiger charge is -2.15. The predicted octanol–water partition coefficient (Wildman–Crippen LogP) is 16.4. The van der Waals surface area contributed by atoms with Gasteiger partial charge in [-0.05, 0) is 32.1 Å². The Hall–Kier alpha value is -1.36. The van der Waals surface area contributed by atoms with Crippen molar-refractivity contribution in [1.82, 2.24) is 0 Å². The van der Waals surface area contributed by atoms with Crippen LogP contribution in [0, 0.1) is 0 Å². The number of hydrogen-bond acceptors (Lipinski definition) is 5. The average Bonchev–Trinajstić information content (AvgIpc) is 3.20. The van der Waals surface area contributed by atoms with Crippen molar-refractivity contribution in [2.45, 2.75) is 290 Å². The van der Waals surface area contributed by atoms with Crippen molar-refractivity contribution in [2.75, 3.05) is 13.2 Å². The number of ether oxygens (including phenoxy) is 2. The monoisotopic (exact) mass is 791 g/mol. The van der Waals surface area contributed by atoms with E-state index in [2.05, 4.69) is 26.0 Å². The van der Waals surface area contributed by atoms with E-state index in [1.807, 2.05) is 0 Å². The number of aliphatic hydroxyl groups is 1. The van der Waals surface area contributed by atoms with Gasteiger partial charge in [0, 0.05) is 12.8 Å². The van der Waals surface area contributed by atoms with Crippen LogP contribution in [0.15, 0.2) is 12.2 Å². The van der Waals surface area contributed by atoms with Gasteiger partial charge in [-0.1, -0.05) is 251 Å². The first-order valence-electron chi connectivity index (χ1n) is 25.2. The fourth-order valence-electron chi connectivity index (χ4n) is 7.74. The van der Waals surface area contributed by atoms with Gasteiger partial charge in [0.15, 0.2) is 6.10 Å². The van der Waals surface area contributed by atoms with Gasteiger partial charge in [0.2, 0.25) is 0 Å². The molecule has 0 aliphatic rings. The molecule has 0 radical (unpaired) electrons. The highest BCUT2D eigenvalue weighted by atomic mass is 16.6. The molecule has 1 N–H and O–H groups in total. The fourth-order valence-corrected chi connectivity index (χ4v) is 7.74. The number of carbonyl (C=O) groups excluding carboxylic acids is 2. The van der Waals surface area contributed by atoms with Crippen LogP contribution in [0.2, 0.25) is 0 Å². The number of hydrogen-bond donors (Lipinski definition) is 1. The van der Waals surface area contributed by atoms with Crippen LogP contribution < -0.4 is 0 Å². The summed E-state index contributed by atoms with van der Waals surface area (Å²) in [4.78, 5) is 24.4. The minimum Gasteiger partial charge on any atom is -0.462 e. The highest BCUT2D eigenvalue weighted by molar-refractivity contribution is 5.70. The van der Waals surface area contributed by atoms with E-state index < -0.39 is 6.10 Å². The zero-order valence-electron chi connectivity index (χ0n) is 37.9. The van der Waals surface area contributed by atoms with E-state index >= 15 is 0 Å². The van der Waals surface area contributed by atoms with Crippen molar-refractivity contribution >= 4 is 11.9 Å². The van der Waals surface area contributed by atoms with Gasteiger partial charge in [0.1, 0.15) is 6.61 Å². The Balaban J connectivity index is 3.47. The molecule has 0 fully saturated rings. The molecular weight excluding hydrogens is 693 g/mol. The minimum absolute atomic E-state index is 0.0699. The van der Waals surface area contributed by atoms with Crippen molar-refractivity contribution in [3.05, 3.63) is 12.2 Å². The lowest BCUT2D eigenvalue weighted by molar-refractivity contribution is -0.161. The average molecular weight is 791 g/mol. The fraction of sp³-hybridized carbons (Fsp3) is 0.922. The topological polar surface area (TPSA) is 72.8 Å². The quantitative estimate of drug-likeness (QED) is 0.0378. The lowest BCUT2D eigenvalue weighted by Crippen LogP contribution is -2.28. The van der Waals surface area contributed by atoms with Crippen LogP contribution in [-0.4, -0.2) is 36.4 Å². The summed E-state index contributed by atoms with van der Waals surface area (Å²) in [5.41, 5.74) is 0. The van der Waals surface area contributed by atoms with Gasteiger partial charge in [-0.25, -0.2) is 0 Å². The zero-order chi connectivity index (χ0) is 40.7. The summed E-state index contributed by atoms with van der Waals surface area (Å²) in [5.74, 6) is -0.609. The summed E-state index contributed by atoms with van der Waals surface area (Å²) in [5, 5.41) is 9.61. The van der Waals surface area contributed by atoms with Gasteiger partial charge in [0.25, 0.3) is 0 Å². The summed E-state index contributed by atoms with van der Waals surface area (Å²) < 4.78 is 10.7. The molecule has 0 aromatic carbocycles. The molecule has 56 heavy (non-hydrogen) atoms. The van der Waals surface area contributed by atoms with Crippen LogP contribution in [0.4, 0.5) is 0 Å². The highest BCUT2D eigenvalue weighted by Gasteiger charge is 2.16. The van der Waals surface area contributed by atoms with Gasteiger partial charge in [-0.3, -0.25) is 9.59 Å². The summed E-state index contributed by atoms with van der Waals surface area (Å²) in [6, 6.07) is 0. The maximum atomic E-state index is 12.2. The third-order valence-electron chi connectivity index (χ3n) is 11.6. The molecule has 0 spiro atoms. The van der Waals surface area contributed by atoms with Crippen LogP contribution >= 0.6 is 0 Å². The molecule has 1 atom stereocenters. The lowest BCUT2D eigenvalue weighted by atomic mass is 10.0. The van der Waals surface area contributed by atoms with Crippen molar-refractivity contribution in [3.8, 4) is 0 Å². The summed E-state index contributed by atoms with van der Waals surface area (Å²) >= 11 is 0. The number of unbranched alkanes of at least 4 members (excludes halogenated alkanes) is 37. The van der Waals surface area contributed by atoms with E-state index in [1.54, 1.807) is 0 Å². The Labute approximate surface area is 350 Å². The molecule has 0 saturated heterocycles. The zero-order valence-corrected chi connectivity index (χ0v) is 37.9. The number of esters is 2. The van der Waals surface area contributed by atoms with Crippen molar-refractivity contribution < 1.29 is 24.2 Å². The minimum atomic E-state index is -0.781. The van der Waals surface area contributed by atoms with Gasteiger partial charge in [-0.2, -0.15) is 0 Å². The molecular formula is C51H98O5.